The summed E-state index contributed by atoms with van der Waals surface area (Å²) in [6, 6.07) is 14.3. The molecule has 0 aliphatic heterocycles. The van der Waals surface area contributed by atoms with Crippen LogP contribution < -0.4 is 0 Å². The average Bonchev–Trinajstić information content (AvgIpc) is 2.55. The molecule has 0 aliphatic rings. The molecule has 0 spiro atoms. The highest BCUT2D eigenvalue weighted by molar-refractivity contribution is 5.84. The van der Waals surface area contributed by atoms with Gasteiger partial charge in [-0.2, -0.15) is 0 Å². The summed E-state index contributed by atoms with van der Waals surface area (Å²) in [5.74, 6) is 0.449. The van der Waals surface area contributed by atoms with E-state index in [0.29, 0.717) is 17.7 Å². The van der Waals surface area contributed by atoms with Crippen LogP contribution in [0.25, 0.3) is 0 Å². The molecule has 0 bridgehead atoms. The van der Waals surface area contributed by atoms with Crippen molar-refractivity contribution in [2.75, 3.05) is 6.54 Å². The van der Waals surface area contributed by atoms with Crippen molar-refractivity contribution in [2.45, 2.75) is 25.8 Å². The third-order valence-electron chi connectivity index (χ3n) is 3.47. The Balaban J connectivity index is 2.01. The molecule has 1 unspecified atom stereocenters. The van der Waals surface area contributed by atoms with Gasteiger partial charge in [-0.1, -0.05) is 37.6 Å². The molecule has 0 amide bonds. The number of benzene rings is 2. The second-order valence-electron chi connectivity index (χ2n) is 5.33. The van der Waals surface area contributed by atoms with Crippen molar-refractivity contribution in [1.82, 2.24) is 0 Å². The molecular weight excluding hydrogens is 288 g/mol. The number of para-hydroxylation sites is 2. The third-order valence-corrected chi connectivity index (χ3v) is 3.47. The molecule has 120 valence electrons. The normalized spacial score (nSPS) is 12.9. The van der Waals surface area contributed by atoms with E-state index >= 15 is 0 Å². The van der Waals surface area contributed by atoms with E-state index < -0.39 is 0 Å². The topological polar surface area (TPSA) is 65.2 Å². The SMILES string of the molecule is CCCC(CN=Cc1ccccc1O)N=Cc1ccccc1O. The summed E-state index contributed by atoms with van der Waals surface area (Å²) < 4.78 is 0. The smallest absolute Gasteiger partial charge is 0.124 e. The fourth-order valence-electron chi connectivity index (χ4n) is 2.20. The van der Waals surface area contributed by atoms with Gasteiger partial charge < -0.3 is 10.2 Å². The Labute approximate surface area is 136 Å². The van der Waals surface area contributed by atoms with E-state index in [0.717, 1.165) is 12.8 Å². The van der Waals surface area contributed by atoms with Crippen LogP contribution >= 0.6 is 0 Å². The molecule has 2 N–H and O–H groups in total. The van der Waals surface area contributed by atoms with Crippen molar-refractivity contribution >= 4 is 12.4 Å². The van der Waals surface area contributed by atoms with Gasteiger partial charge in [0.2, 0.25) is 0 Å². The maximum atomic E-state index is 9.76. The third kappa shape index (κ3) is 5.25. The first kappa shape index (κ1) is 16.7. The van der Waals surface area contributed by atoms with Crippen molar-refractivity contribution in [3.05, 3.63) is 59.7 Å². The monoisotopic (exact) mass is 310 g/mol. The molecule has 0 aliphatic carbocycles. The lowest BCUT2D eigenvalue weighted by Crippen LogP contribution is -2.09. The Hall–Kier alpha value is -2.62. The average molecular weight is 310 g/mol. The van der Waals surface area contributed by atoms with Gasteiger partial charge in [0.1, 0.15) is 11.5 Å². The maximum absolute atomic E-state index is 9.76. The molecule has 2 rings (SSSR count). The molecule has 0 aromatic heterocycles. The second-order valence-corrected chi connectivity index (χ2v) is 5.33. The van der Waals surface area contributed by atoms with Gasteiger partial charge in [0.05, 0.1) is 12.6 Å². The van der Waals surface area contributed by atoms with E-state index in [1.54, 1.807) is 36.7 Å². The molecule has 4 nitrogen and oxygen atoms in total. The van der Waals surface area contributed by atoms with Gasteiger partial charge in [-0.25, -0.2) is 0 Å². The van der Waals surface area contributed by atoms with Crippen LogP contribution in [0.1, 0.15) is 30.9 Å². The summed E-state index contributed by atoms with van der Waals surface area (Å²) in [6.45, 7) is 2.65. The zero-order chi connectivity index (χ0) is 16.5. The van der Waals surface area contributed by atoms with Gasteiger partial charge in [0.25, 0.3) is 0 Å². The molecule has 0 saturated carbocycles. The zero-order valence-corrected chi connectivity index (χ0v) is 13.3. The second kappa shape index (κ2) is 8.73. The maximum Gasteiger partial charge on any atom is 0.124 e. The lowest BCUT2D eigenvalue weighted by Gasteiger charge is -2.08. The minimum Gasteiger partial charge on any atom is -0.507 e. The molecule has 0 radical (unpaired) electrons. The van der Waals surface area contributed by atoms with Gasteiger partial charge in [0.15, 0.2) is 0 Å². The number of rotatable bonds is 7. The Bertz CT molecular complexity index is 681. The van der Waals surface area contributed by atoms with E-state index in [2.05, 4.69) is 16.9 Å². The summed E-state index contributed by atoms with van der Waals surface area (Å²) in [5, 5.41) is 19.5. The number of hydrogen-bond acceptors (Lipinski definition) is 4. The minimum absolute atomic E-state index is 0.0571. The summed E-state index contributed by atoms with van der Waals surface area (Å²) in [5.41, 5.74) is 1.41. The number of aliphatic imine (C=N–C) groups is 2. The Morgan fingerprint density at radius 2 is 1.48 bits per heavy atom. The quantitative estimate of drug-likeness (QED) is 0.764. The molecule has 1 atom stereocenters. The van der Waals surface area contributed by atoms with Gasteiger partial charge in [0, 0.05) is 23.6 Å². The van der Waals surface area contributed by atoms with Crippen LogP contribution in [0.3, 0.4) is 0 Å². The number of nitrogens with zero attached hydrogens (tertiary/aromatic N) is 2. The van der Waals surface area contributed by atoms with Crippen LogP contribution in [-0.4, -0.2) is 35.2 Å². The van der Waals surface area contributed by atoms with Crippen molar-refractivity contribution in [3.63, 3.8) is 0 Å². The van der Waals surface area contributed by atoms with Crippen LogP contribution in [0.15, 0.2) is 58.5 Å². The van der Waals surface area contributed by atoms with Crippen molar-refractivity contribution < 1.29 is 10.2 Å². The van der Waals surface area contributed by atoms with Crippen molar-refractivity contribution in [2.24, 2.45) is 9.98 Å². The fraction of sp³-hybridized carbons (Fsp3) is 0.263. The van der Waals surface area contributed by atoms with Crippen LogP contribution in [0.2, 0.25) is 0 Å². The molecule has 2 aromatic carbocycles. The number of phenolic OH excluding ortho intramolecular Hbond substituents is 2. The standard InChI is InChI=1S/C19H22N2O2/c1-2-7-17(21-13-16-9-4-6-11-19(16)23)14-20-12-15-8-3-5-10-18(15)22/h3-6,8-13,17,22-23H,2,7,14H2,1H3. The highest BCUT2D eigenvalue weighted by atomic mass is 16.3. The van der Waals surface area contributed by atoms with E-state index in [-0.39, 0.29) is 17.5 Å². The predicted molar refractivity (Wildman–Crippen MR) is 95.0 cm³/mol. The van der Waals surface area contributed by atoms with Gasteiger partial charge >= 0.3 is 0 Å². The van der Waals surface area contributed by atoms with Crippen molar-refractivity contribution in [1.29, 1.82) is 0 Å². The first-order valence-electron chi connectivity index (χ1n) is 7.79. The molecule has 23 heavy (non-hydrogen) atoms. The Kier molecular flexibility index (Phi) is 6.36. The van der Waals surface area contributed by atoms with Crippen LogP contribution in [-0.2, 0) is 0 Å². The Morgan fingerprint density at radius 3 is 2.04 bits per heavy atom. The molecule has 4 heteroatoms. The summed E-state index contributed by atoms with van der Waals surface area (Å²) in [6.07, 6.45) is 5.30. The predicted octanol–water partition coefficient (Wildman–Crippen LogP) is 3.80. The summed E-state index contributed by atoms with van der Waals surface area (Å²) in [4.78, 5) is 8.93. The van der Waals surface area contributed by atoms with Gasteiger partial charge in [-0.3, -0.25) is 9.98 Å². The molecular formula is C19H22N2O2. The van der Waals surface area contributed by atoms with E-state index in [1.165, 1.54) is 0 Å². The number of hydrogen-bond donors (Lipinski definition) is 2. The van der Waals surface area contributed by atoms with Crippen LogP contribution in [0, 0.1) is 0 Å². The summed E-state index contributed by atoms with van der Waals surface area (Å²) >= 11 is 0. The Morgan fingerprint density at radius 1 is 0.913 bits per heavy atom. The van der Waals surface area contributed by atoms with Crippen LogP contribution in [0.4, 0.5) is 0 Å². The zero-order valence-electron chi connectivity index (χ0n) is 13.3. The molecule has 2 aromatic rings. The first-order chi connectivity index (χ1) is 11.2. The lowest BCUT2D eigenvalue weighted by molar-refractivity contribution is 0.473. The van der Waals surface area contributed by atoms with E-state index in [1.807, 2.05) is 24.3 Å². The molecule has 0 saturated heterocycles. The number of phenols is 2. The number of aromatic hydroxyl groups is 2. The largest absolute Gasteiger partial charge is 0.507 e. The molecule has 0 fully saturated rings. The lowest BCUT2D eigenvalue weighted by atomic mass is 10.1. The van der Waals surface area contributed by atoms with Gasteiger partial charge in [-0.05, 0) is 30.7 Å². The fourth-order valence-corrected chi connectivity index (χ4v) is 2.20. The highest BCUT2D eigenvalue weighted by Crippen LogP contribution is 2.15. The van der Waals surface area contributed by atoms with Gasteiger partial charge in [-0.15, -0.1) is 0 Å². The van der Waals surface area contributed by atoms with Crippen molar-refractivity contribution in [3.8, 4) is 11.5 Å². The first-order valence-corrected chi connectivity index (χ1v) is 7.79. The van der Waals surface area contributed by atoms with Crippen LogP contribution in [0.5, 0.6) is 11.5 Å². The molecule has 0 heterocycles. The highest BCUT2D eigenvalue weighted by Gasteiger charge is 2.04. The minimum atomic E-state index is 0.0571. The van der Waals surface area contributed by atoms with E-state index in [9.17, 15) is 10.2 Å². The summed E-state index contributed by atoms with van der Waals surface area (Å²) in [7, 11) is 0. The van der Waals surface area contributed by atoms with E-state index in [4.69, 9.17) is 0 Å².